The number of aromatic nitrogens is 4. The molecule has 0 radical (unpaired) electrons. The number of anilines is 1. The van der Waals surface area contributed by atoms with E-state index in [1.165, 1.54) is 23.3 Å². The van der Waals surface area contributed by atoms with Crippen molar-refractivity contribution in [2.45, 2.75) is 24.6 Å². The molecule has 0 aromatic carbocycles. The van der Waals surface area contributed by atoms with E-state index >= 15 is 0 Å². The molecule has 0 saturated carbocycles. The number of hydrogen-bond acceptors (Lipinski definition) is 7. The highest BCUT2D eigenvalue weighted by Crippen LogP contribution is 2.34. The third-order valence-corrected chi connectivity index (χ3v) is 4.95. The summed E-state index contributed by atoms with van der Waals surface area (Å²) in [5.41, 5.74) is 2.02. The highest BCUT2D eigenvalue weighted by molar-refractivity contribution is 7.98. The molecule has 2 N–H and O–H groups in total. The highest BCUT2D eigenvalue weighted by atomic mass is 32.2. The van der Waals surface area contributed by atoms with E-state index in [4.69, 9.17) is 4.42 Å². The third kappa shape index (κ3) is 3.85. The first kappa shape index (κ1) is 17.3. The molecule has 2 amide bonds. The second-order valence-electron chi connectivity index (χ2n) is 5.83. The molecule has 0 saturated heterocycles. The van der Waals surface area contributed by atoms with E-state index in [1.807, 2.05) is 0 Å². The molecule has 0 atom stereocenters. The van der Waals surface area contributed by atoms with Gasteiger partial charge in [-0.2, -0.15) is 16.9 Å². The number of amides is 2. The fourth-order valence-electron chi connectivity index (χ4n) is 2.70. The van der Waals surface area contributed by atoms with Crippen molar-refractivity contribution in [1.29, 1.82) is 0 Å². The molecule has 138 valence electrons. The van der Waals surface area contributed by atoms with Gasteiger partial charge in [0.25, 0.3) is 5.91 Å². The molecule has 3 aromatic heterocycles. The average Bonchev–Trinajstić information content (AvgIpc) is 3.41. The second kappa shape index (κ2) is 7.62. The first-order valence-corrected chi connectivity index (χ1v) is 9.39. The summed E-state index contributed by atoms with van der Waals surface area (Å²) < 4.78 is 6.72. The number of nitrogens with one attached hydrogen (secondary N) is 2. The van der Waals surface area contributed by atoms with E-state index in [0.29, 0.717) is 18.1 Å². The van der Waals surface area contributed by atoms with Gasteiger partial charge in [-0.05, 0) is 12.1 Å². The molecule has 27 heavy (non-hydrogen) atoms. The zero-order chi connectivity index (χ0) is 18.6. The van der Waals surface area contributed by atoms with Crippen LogP contribution in [0.1, 0.15) is 27.5 Å². The molecule has 0 aliphatic carbocycles. The van der Waals surface area contributed by atoms with Crippen LogP contribution in [0.15, 0.2) is 41.4 Å². The van der Waals surface area contributed by atoms with Crippen LogP contribution in [0.25, 0.3) is 0 Å². The molecule has 4 rings (SSSR count). The van der Waals surface area contributed by atoms with Crippen molar-refractivity contribution in [2.24, 2.45) is 0 Å². The summed E-state index contributed by atoms with van der Waals surface area (Å²) >= 11 is 1.71. The molecule has 1 aliphatic heterocycles. The maximum Gasteiger partial charge on any atom is 0.277 e. The zero-order valence-corrected chi connectivity index (χ0v) is 15.0. The van der Waals surface area contributed by atoms with Gasteiger partial charge in [0.05, 0.1) is 24.7 Å². The van der Waals surface area contributed by atoms with Gasteiger partial charge in [-0.3, -0.25) is 14.6 Å². The van der Waals surface area contributed by atoms with Gasteiger partial charge in [0.15, 0.2) is 0 Å². The summed E-state index contributed by atoms with van der Waals surface area (Å²) in [6, 6.07) is 3.55. The van der Waals surface area contributed by atoms with Crippen molar-refractivity contribution >= 4 is 29.4 Å². The molecule has 10 heteroatoms. The molecule has 3 aromatic rings. The number of nitrogens with zero attached hydrogens (tertiary/aromatic N) is 4. The predicted octanol–water partition coefficient (Wildman–Crippen LogP) is 1.58. The number of furan rings is 1. The number of rotatable bonds is 6. The SMILES string of the molecule is O=C(Cn1nc2c(c1NC(=O)c1cnccn1)CSC2)NCc1ccco1. The van der Waals surface area contributed by atoms with Gasteiger partial charge in [0.2, 0.25) is 5.91 Å². The Bertz CT molecular complexity index is 955. The van der Waals surface area contributed by atoms with Crippen LogP contribution < -0.4 is 10.6 Å². The van der Waals surface area contributed by atoms with Gasteiger partial charge >= 0.3 is 0 Å². The van der Waals surface area contributed by atoms with E-state index in [2.05, 4.69) is 25.7 Å². The molecule has 4 heterocycles. The largest absolute Gasteiger partial charge is 0.467 e. The molecule has 0 spiro atoms. The molecule has 9 nitrogen and oxygen atoms in total. The lowest BCUT2D eigenvalue weighted by atomic mass is 10.2. The Balaban J connectivity index is 1.49. The van der Waals surface area contributed by atoms with Crippen LogP contribution >= 0.6 is 11.8 Å². The van der Waals surface area contributed by atoms with Crippen LogP contribution in [-0.2, 0) is 29.4 Å². The van der Waals surface area contributed by atoms with E-state index < -0.39 is 0 Å². The highest BCUT2D eigenvalue weighted by Gasteiger charge is 2.25. The number of carbonyl (C=O) groups is 2. The minimum absolute atomic E-state index is 0.00550. The average molecular weight is 384 g/mol. The van der Waals surface area contributed by atoms with Gasteiger partial charge in [-0.1, -0.05) is 0 Å². The Morgan fingerprint density at radius 2 is 2.22 bits per heavy atom. The summed E-state index contributed by atoms with van der Waals surface area (Å²) in [7, 11) is 0. The second-order valence-corrected chi connectivity index (χ2v) is 6.81. The van der Waals surface area contributed by atoms with Gasteiger partial charge in [-0.15, -0.1) is 0 Å². The summed E-state index contributed by atoms with van der Waals surface area (Å²) in [6.07, 6.45) is 5.89. The van der Waals surface area contributed by atoms with Crippen LogP contribution in [0.5, 0.6) is 0 Å². The van der Waals surface area contributed by atoms with Crippen LogP contribution in [-0.4, -0.2) is 31.6 Å². The lowest BCUT2D eigenvalue weighted by Crippen LogP contribution is -2.28. The molecule has 0 bridgehead atoms. The van der Waals surface area contributed by atoms with Gasteiger partial charge in [-0.25, -0.2) is 9.67 Å². The van der Waals surface area contributed by atoms with Crippen LogP contribution in [0.4, 0.5) is 5.82 Å². The van der Waals surface area contributed by atoms with E-state index in [0.717, 1.165) is 22.8 Å². The lowest BCUT2D eigenvalue weighted by molar-refractivity contribution is -0.122. The van der Waals surface area contributed by atoms with Crippen molar-refractivity contribution in [3.63, 3.8) is 0 Å². The van der Waals surface area contributed by atoms with E-state index in [-0.39, 0.29) is 24.1 Å². The van der Waals surface area contributed by atoms with E-state index in [9.17, 15) is 9.59 Å². The molecular formula is C17H16N6O3S. The first-order chi connectivity index (χ1) is 13.2. The number of hydrogen-bond donors (Lipinski definition) is 2. The molecule has 1 aliphatic rings. The standard InChI is InChI=1S/C17H16N6O3S/c24-15(20-6-11-2-1-5-26-11)8-23-16(12-9-27-10-14(12)22-23)21-17(25)13-7-18-3-4-19-13/h1-5,7H,6,8-10H2,(H,20,24)(H,21,25). The fraction of sp³-hybridized carbons (Fsp3) is 0.235. The molecular weight excluding hydrogens is 368 g/mol. The predicted molar refractivity (Wildman–Crippen MR) is 97.8 cm³/mol. The zero-order valence-electron chi connectivity index (χ0n) is 14.2. The summed E-state index contributed by atoms with van der Waals surface area (Å²) in [6.45, 7) is 0.290. The Morgan fingerprint density at radius 1 is 1.30 bits per heavy atom. The van der Waals surface area contributed by atoms with Gasteiger partial charge < -0.3 is 15.1 Å². The Labute approximate surface area is 158 Å². The van der Waals surface area contributed by atoms with Crippen molar-refractivity contribution in [3.05, 3.63) is 59.7 Å². The topological polar surface area (TPSA) is 115 Å². The van der Waals surface area contributed by atoms with Crippen molar-refractivity contribution in [2.75, 3.05) is 5.32 Å². The van der Waals surface area contributed by atoms with Gasteiger partial charge in [0, 0.05) is 29.5 Å². The number of thioether (sulfide) groups is 1. The first-order valence-electron chi connectivity index (χ1n) is 8.23. The molecule has 0 fully saturated rings. The number of fused-ring (bicyclic) bond motifs is 1. The van der Waals surface area contributed by atoms with Gasteiger partial charge in [0.1, 0.15) is 23.8 Å². The Kier molecular flexibility index (Phi) is 4.88. The summed E-state index contributed by atoms with van der Waals surface area (Å²) in [4.78, 5) is 32.7. The fourth-order valence-corrected chi connectivity index (χ4v) is 3.73. The maximum atomic E-state index is 12.5. The summed E-state index contributed by atoms with van der Waals surface area (Å²) in [5.74, 6) is 2.07. The van der Waals surface area contributed by atoms with Crippen LogP contribution in [0.2, 0.25) is 0 Å². The minimum atomic E-state index is -0.389. The Morgan fingerprint density at radius 3 is 3.00 bits per heavy atom. The maximum absolute atomic E-state index is 12.5. The third-order valence-electron chi connectivity index (χ3n) is 3.98. The van der Waals surface area contributed by atoms with Crippen LogP contribution in [0, 0.1) is 0 Å². The van der Waals surface area contributed by atoms with E-state index in [1.54, 1.807) is 30.2 Å². The minimum Gasteiger partial charge on any atom is -0.467 e. The van der Waals surface area contributed by atoms with Crippen molar-refractivity contribution in [3.8, 4) is 0 Å². The normalized spacial score (nSPS) is 12.6. The Hall–Kier alpha value is -3.14. The molecule has 0 unspecified atom stereocenters. The lowest BCUT2D eigenvalue weighted by Gasteiger charge is -2.10. The van der Waals surface area contributed by atoms with Crippen molar-refractivity contribution < 1.29 is 14.0 Å². The van der Waals surface area contributed by atoms with Crippen molar-refractivity contribution in [1.82, 2.24) is 25.1 Å². The smallest absolute Gasteiger partial charge is 0.277 e. The summed E-state index contributed by atoms with van der Waals surface area (Å²) in [5, 5.41) is 10.1. The number of carbonyl (C=O) groups excluding carboxylic acids is 2. The quantitative estimate of drug-likeness (QED) is 0.663. The monoisotopic (exact) mass is 384 g/mol. The van der Waals surface area contributed by atoms with Crippen LogP contribution in [0.3, 0.4) is 0 Å².